The number of aromatic nitrogens is 1. The molecule has 0 radical (unpaired) electrons. The molecule has 3 aliphatic rings. The molecule has 1 unspecified atom stereocenters. The molecule has 2 saturated heterocycles. The molecule has 0 aromatic carbocycles. The number of ether oxygens (including phenoxy) is 4. The molecule has 3 heterocycles. The summed E-state index contributed by atoms with van der Waals surface area (Å²) in [5, 5.41) is 0. The largest absolute Gasteiger partial charge is 0.481 e. The van der Waals surface area contributed by atoms with Crippen molar-refractivity contribution in [3.05, 3.63) is 17.7 Å². The molecule has 1 saturated carbocycles. The maximum Gasteiger partial charge on any atom is 0.259 e. The summed E-state index contributed by atoms with van der Waals surface area (Å²) in [6, 6.07) is 3.96. The van der Waals surface area contributed by atoms with E-state index in [1.54, 1.807) is 26.4 Å². The Bertz CT molecular complexity index is 775. The van der Waals surface area contributed by atoms with E-state index in [0.29, 0.717) is 42.7 Å². The van der Waals surface area contributed by atoms with Crippen LogP contribution >= 0.6 is 0 Å². The number of hydrogen-bond donors (Lipinski definition) is 0. The lowest BCUT2D eigenvalue weighted by Gasteiger charge is -2.63. The second-order valence-electron chi connectivity index (χ2n) is 9.10. The Morgan fingerprint density at radius 1 is 1.06 bits per heavy atom. The van der Waals surface area contributed by atoms with Crippen molar-refractivity contribution in [1.82, 2.24) is 14.8 Å². The molecule has 1 atom stereocenters. The number of methoxy groups -OCH3 is 3. The summed E-state index contributed by atoms with van der Waals surface area (Å²) in [6.07, 6.45) is 8.62. The molecule has 1 spiro atoms. The van der Waals surface area contributed by atoms with Gasteiger partial charge in [0, 0.05) is 44.4 Å². The first-order valence-corrected chi connectivity index (χ1v) is 11.9. The Morgan fingerprint density at radius 3 is 2.47 bits per heavy atom. The fraction of sp³-hybridized carbons (Fsp3) is 0.750. The minimum atomic E-state index is -0.0211. The number of carbonyl (C=O) groups excluding carboxylic acids is 1. The van der Waals surface area contributed by atoms with E-state index in [0.717, 1.165) is 32.5 Å². The monoisotopic (exact) mass is 447 g/mol. The Morgan fingerprint density at radius 2 is 1.81 bits per heavy atom. The van der Waals surface area contributed by atoms with E-state index < -0.39 is 0 Å². The lowest BCUT2D eigenvalue weighted by molar-refractivity contribution is -0.203. The first-order chi connectivity index (χ1) is 15.6. The number of hydrogen-bond acceptors (Lipinski definition) is 7. The molecule has 4 rings (SSSR count). The molecule has 1 aromatic rings. The molecular formula is C24H37N3O5. The van der Waals surface area contributed by atoms with Gasteiger partial charge in [-0.2, -0.15) is 4.98 Å². The summed E-state index contributed by atoms with van der Waals surface area (Å²) < 4.78 is 21.9. The minimum Gasteiger partial charge on any atom is -0.481 e. The van der Waals surface area contributed by atoms with Gasteiger partial charge in [-0.3, -0.25) is 9.69 Å². The summed E-state index contributed by atoms with van der Waals surface area (Å²) in [7, 11) is 4.80. The molecule has 1 aliphatic carbocycles. The highest BCUT2D eigenvalue weighted by Gasteiger charge is 2.56. The van der Waals surface area contributed by atoms with E-state index in [9.17, 15) is 4.79 Å². The van der Waals surface area contributed by atoms with Crippen molar-refractivity contribution in [1.29, 1.82) is 0 Å². The van der Waals surface area contributed by atoms with E-state index in [1.807, 2.05) is 4.90 Å². The van der Waals surface area contributed by atoms with Crippen LogP contribution in [-0.4, -0.2) is 92.6 Å². The molecule has 0 bridgehead atoms. The third kappa shape index (κ3) is 4.45. The first kappa shape index (κ1) is 23.3. The van der Waals surface area contributed by atoms with Gasteiger partial charge in [-0.1, -0.05) is 19.3 Å². The van der Waals surface area contributed by atoms with Gasteiger partial charge in [-0.15, -0.1) is 0 Å². The lowest BCUT2D eigenvalue weighted by atomic mass is 9.69. The fourth-order valence-electron chi connectivity index (χ4n) is 5.78. The SMILES string of the molecule is COCCOC1CN(C2CCN(C(=O)c3ccc(OC)nc3OC)CC2)C12CCCCC2. The molecule has 3 fully saturated rings. The Labute approximate surface area is 191 Å². The van der Waals surface area contributed by atoms with Crippen LogP contribution in [0.3, 0.4) is 0 Å². The summed E-state index contributed by atoms with van der Waals surface area (Å²) in [5.41, 5.74) is 0.678. The van der Waals surface area contributed by atoms with Gasteiger partial charge in [0.25, 0.3) is 5.91 Å². The zero-order chi connectivity index (χ0) is 22.6. The molecule has 32 heavy (non-hydrogen) atoms. The zero-order valence-corrected chi connectivity index (χ0v) is 19.7. The first-order valence-electron chi connectivity index (χ1n) is 11.9. The van der Waals surface area contributed by atoms with Gasteiger partial charge in [0.2, 0.25) is 11.8 Å². The molecule has 1 aromatic heterocycles. The fourth-order valence-corrected chi connectivity index (χ4v) is 5.78. The van der Waals surface area contributed by atoms with Crippen molar-refractivity contribution < 1.29 is 23.7 Å². The number of likely N-dealkylation sites (tertiary alicyclic amines) is 2. The van der Waals surface area contributed by atoms with Crippen molar-refractivity contribution in [2.24, 2.45) is 0 Å². The van der Waals surface area contributed by atoms with Crippen LogP contribution in [-0.2, 0) is 9.47 Å². The van der Waals surface area contributed by atoms with Gasteiger partial charge in [-0.05, 0) is 31.7 Å². The van der Waals surface area contributed by atoms with Crippen LogP contribution in [0.15, 0.2) is 12.1 Å². The van der Waals surface area contributed by atoms with E-state index in [-0.39, 0.29) is 11.4 Å². The number of pyridine rings is 1. The zero-order valence-electron chi connectivity index (χ0n) is 19.7. The van der Waals surface area contributed by atoms with Crippen LogP contribution in [0.25, 0.3) is 0 Å². The normalized spacial score (nSPS) is 23.7. The topological polar surface area (TPSA) is 73.4 Å². The van der Waals surface area contributed by atoms with Gasteiger partial charge in [0.05, 0.1) is 33.5 Å². The lowest BCUT2D eigenvalue weighted by Crippen LogP contribution is -2.75. The summed E-state index contributed by atoms with van der Waals surface area (Å²) in [5.74, 6) is 0.735. The molecule has 2 aliphatic heterocycles. The Balaban J connectivity index is 1.37. The van der Waals surface area contributed by atoms with Crippen molar-refractivity contribution in [3.63, 3.8) is 0 Å². The molecule has 8 heteroatoms. The highest BCUT2D eigenvalue weighted by atomic mass is 16.5. The van der Waals surface area contributed by atoms with Crippen molar-refractivity contribution in [2.75, 3.05) is 54.2 Å². The third-order valence-electron chi connectivity index (χ3n) is 7.52. The van der Waals surface area contributed by atoms with Crippen molar-refractivity contribution >= 4 is 5.91 Å². The molecule has 0 N–H and O–H groups in total. The quantitative estimate of drug-likeness (QED) is 0.568. The number of nitrogens with zero attached hydrogens (tertiary/aromatic N) is 3. The van der Waals surface area contributed by atoms with E-state index in [2.05, 4.69) is 9.88 Å². The number of amides is 1. The predicted octanol–water partition coefficient (Wildman–Crippen LogP) is 2.75. The van der Waals surface area contributed by atoms with Crippen LogP contribution < -0.4 is 9.47 Å². The summed E-state index contributed by atoms with van der Waals surface area (Å²) in [4.78, 5) is 22.1. The molecule has 178 valence electrons. The van der Waals surface area contributed by atoms with Crippen molar-refractivity contribution in [2.45, 2.75) is 62.6 Å². The standard InChI is InChI=1S/C24H37N3O5/c1-29-15-16-32-20-17-27(24(20)11-5-4-6-12-24)18-9-13-26(14-10-18)23(28)19-7-8-21(30-2)25-22(19)31-3/h7-8,18,20H,4-6,9-17H2,1-3H3. The van der Waals surface area contributed by atoms with E-state index in [4.69, 9.17) is 18.9 Å². The second kappa shape index (κ2) is 10.4. The minimum absolute atomic E-state index is 0.0211. The van der Waals surface area contributed by atoms with E-state index in [1.165, 1.54) is 39.2 Å². The molecule has 8 nitrogen and oxygen atoms in total. The van der Waals surface area contributed by atoms with Gasteiger partial charge in [0.15, 0.2) is 0 Å². The second-order valence-corrected chi connectivity index (χ2v) is 9.10. The van der Waals surface area contributed by atoms with Gasteiger partial charge in [0.1, 0.15) is 5.56 Å². The Hall–Kier alpha value is -1.90. The molecule has 1 amide bonds. The average molecular weight is 448 g/mol. The maximum absolute atomic E-state index is 13.2. The predicted molar refractivity (Wildman–Crippen MR) is 120 cm³/mol. The number of rotatable bonds is 8. The smallest absolute Gasteiger partial charge is 0.259 e. The third-order valence-corrected chi connectivity index (χ3v) is 7.52. The highest BCUT2D eigenvalue weighted by Crippen LogP contribution is 2.47. The van der Waals surface area contributed by atoms with Crippen molar-refractivity contribution in [3.8, 4) is 11.8 Å². The summed E-state index contributed by atoms with van der Waals surface area (Å²) in [6.45, 7) is 3.82. The van der Waals surface area contributed by atoms with Crippen LogP contribution in [0.4, 0.5) is 0 Å². The van der Waals surface area contributed by atoms with Gasteiger partial charge in [-0.25, -0.2) is 0 Å². The van der Waals surface area contributed by atoms with Gasteiger partial charge >= 0.3 is 0 Å². The molecular weight excluding hydrogens is 410 g/mol. The summed E-state index contributed by atoms with van der Waals surface area (Å²) >= 11 is 0. The van der Waals surface area contributed by atoms with Crippen LogP contribution in [0.1, 0.15) is 55.3 Å². The number of carbonyl (C=O) groups is 1. The van der Waals surface area contributed by atoms with Gasteiger partial charge < -0.3 is 23.8 Å². The highest BCUT2D eigenvalue weighted by molar-refractivity contribution is 5.96. The van der Waals surface area contributed by atoms with E-state index >= 15 is 0 Å². The number of piperidine rings is 1. The Kier molecular flexibility index (Phi) is 7.53. The average Bonchev–Trinajstić information content (AvgIpc) is 2.85. The van der Waals surface area contributed by atoms with Crippen LogP contribution in [0.2, 0.25) is 0 Å². The van der Waals surface area contributed by atoms with Crippen LogP contribution in [0.5, 0.6) is 11.8 Å². The van der Waals surface area contributed by atoms with Crippen LogP contribution in [0, 0.1) is 0 Å². The maximum atomic E-state index is 13.2.